The summed E-state index contributed by atoms with van der Waals surface area (Å²) in [6.07, 6.45) is 120. The quantitative estimate of drug-likeness (QED) is 0.0146. The van der Waals surface area contributed by atoms with Gasteiger partial charge in [0.05, 0.1) is 26.4 Å². The lowest BCUT2D eigenvalue weighted by Crippen LogP contribution is -2.29. The highest BCUT2D eigenvalue weighted by molar-refractivity contribution is 7.47. The first-order valence-corrected chi connectivity index (χ1v) is 48.4. The molecule has 0 fully saturated rings. The normalized spacial score (nSPS) is 14.8. The number of carbonyl (C=O) groups excluding carboxylic acids is 3. The number of aliphatic hydroxyl groups is 2. The summed E-state index contributed by atoms with van der Waals surface area (Å²) in [6, 6.07) is 0. The van der Waals surface area contributed by atoms with Gasteiger partial charge in [0.15, 0.2) is 6.10 Å². The minimum Gasteiger partial charge on any atom is -0.463 e. The Labute approximate surface area is 711 Å². The van der Waals surface area contributed by atoms with Gasteiger partial charge in [-0.15, -0.1) is 0 Å². The Morgan fingerprint density at radius 2 is 0.444 bits per heavy atom. The lowest BCUT2D eigenvalue weighted by atomic mass is 10.0. The minimum atomic E-state index is -4.97. The van der Waals surface area contributed by atoms with Crippen molar-refractivity contribution in [1.82, 2.24) is 0 Å². The van der Waals surface area contributed by atoms with E-state index in [0.29, 0.717) is 25.7 Å². The van der Waals surface area contributed by atoms with E-state index in [1.807, 2.05) is 18.2 Å². The number of carbonyl (C=O) groups is 3. The molecule has 18 heteroatoms. The zero-order valence-electron chi connectivity index (χ0n) is 73.0. The summed E-state index contributed by atoms with van der Waals surface area (Å²) in [7, 11) is -9.84. The van der Waals surface area contributed by atoms with Crippen LogP contribution in [0.2, 0.25) is 0 Å². The Bertz CT molecular complexity index is 2960. The predicted octanol–water partition coefficient (Wildman–Crippen LogP) is 28.0. The molecule has 0 rings (SSSR count). The van der Waals surface area contributed by atoms with Crippen LogP contribution in [0.4, 0.5) is 0 Å². The third kappa shape index (κ3) is 90.7. The second-order valence-electron chi connectivity index (χ2n) is 29.6. The van der Waals surface area contributed by atoms with Crippen molar-refractivity contribution >= 4 is 33.6 Å². The molecule has 0 saturated carbocycles. The number of rotatable bonds is 84. The van der Waals surface area contributed by atoms with Crippen molar-refractivity contribution in [1.29, 1.82) is 0 Å². The molecular formula is C99H162O16P2. The molecule has 4 N–H and O–H groups in total. The summed E-state index contributed by atoms with van der Waals surface area (Å²) >= 11 is 0. The fraction of sp³-hybridized carbons (Fsp3) is 0.626. The highest BCUT2D eigenvalue weighted by atomic mass is 31.2. The van der Waals surface area contributed by atoms with Crippen LogP contribution in [0.25, 0.3) is 0 Å². The monoisotopic (exact) mass is 1670 g/mol. The SMILES string of the molecule is CC/C=C\C/C=C\C/C=C\C/C=C\C/C=C\C/C=C\CCCCCCCCCCCCCCC(=O)OCC(O)COP(=O)(O)OCC(O)COP(=O)(O)OCC(COC(=O)CCCCCCCCCCCCCCCCC/C=C\C/C=C\C/C=C\C/C=C\C/C=C\CC)OC(=O)CC/C=C\C/C=C\C/C=C\C/C=C\C/C=C\C/C=C\CC. The molecule has 0 aromatic rings. The van der Waals surface area contributed by atoms with Crippen LogP contribution in [-0.2, 0) is 55.8 Å². The third-order valence-electron chi connectivity index (χ3n) is 18.5. The second kappa shape index (κ2) is 89.4. The lowest BCUT2D eigenvalue weighted by molar-refractivity contribution is -0.161. The van der Waals surface area contributed by atoms with Crippen molar-refractivity contribution in [3.63, 3.8) is 0 Å². The van der Waals surface area contributed by atoms with Crippen molar-refractivity contribution in [2.75, 3.05) is 39.6 Å². The summed E-state index contributed by atoms with van der Waals surface area (Å²) < 4.78 is 61.3. The highest BCUT2D eigenvalue weighted by Gasteiger charge is 2.29. The highest BCUT2D eigenvalue weighted by Crippen LogP contribution is 2.45. The molecule has 0 saturated heterocycles. The van der Waals surface area contributed by atoms with Crippen molar-refractivity contribution in [3.8, 4) is 0 Å². The van der Waals surface area contributed by atoms with E-state index >= 15 is 0 Å². The fourth-order valence-corrected chi connectivity index (χ4v) is 13.3. The molecule has 0 aliphatic heterocycles. The van der Waals surface area contributed by atoms with Gasteiger partial charge in [-0.1, -0.05) is 375 Å². The van der Waals surface area contributed by atoms with Crippen LogP contribution in [-0.4, -0.2) is 95.9 Å². The maximum Gasteiger partial charge on any atom is 0.472 e. The summed E-state index contributed by atoms with van der Waals surface area (Å²) in [4.78, 5) is 58.9. The number of aliphatic hydroxyl groups excluding tert-OH is 2. The van der Waals surface area contributed by atoms with Gasteiger partial charge in [0.2, 0.25) is 0 Å². The number of hydrogen-bond acceptors (Lipinski definition) is 14. The van der Waals surface area contributed by atoms with Crippen molar-refractivity contribution in [2.45, 2.75) is 360 Å². The molecule has 0 aromatic heterocycles. The maximum absolute atomic E-state index is 13.0. The fourth-order valence-electron chi connectivity index (χ4n) is 11.7. The van der Waals surface area contributed by atoms with Crippen LogP contribution in [0, 0.1) is 0 Å². The summed E-state index contributed by atoms with van der Waals surface area (Å²) in [5, 5.41) is 20.7. The van der Waals surface area contributed by atoms with Crippen molar-refractivity contribution in [2.24, 2.45) is 0 Å². The number of phosphoric acid groups is 2. The Kier molecular flexibility index (Phi) is 84.9. The Hall–Kier alpha value is -5.87. The zero-order chi connectivity index (χ0) is 85.1. The van der Waals surface area contributed by atoms with E-state index in [1.165, 1.54) is 116 Å². The molecule has 0 spiro atoms. The standard InChI is InChI=1S/C99H162O16P2/c1-4-7-10-13-16-19-22-25-28-31-34-36-38-40-42-44-46-48-50-52-54-56-59-61-64-67-70-73-76-79-82-85-97(102)109-88-94(100)89-111-116(105,106)112-90-95(101)91-113-117(107,108)114-93-96(115-99(104)87-84-81-78-75-72-69-66-63-58-33-30-27-24-21-18-15-12-9-6-3)92-110-98(103)86-83-80-77-74-71-68-65-62-60-57-55-53-51-49-47-45-43-41-39-37-35-32-29-26-23-20-17-14-11-8-5-2/h7-12,16-21,25-30,34-37,40-43,46,48,58,63,69,72,78,81,94-96,100-101H,4-6,13-15,22-24,31-33,38-39,44-45,47,49-57,59-62,64-68,70-71,73-77,79-80,82-93H2,1-3H3,(H,105,106)(H,107,108)/b10-7-,11-8-,12-9-,19-16-,20-17-,21-18-,28-25-,29-26-,30-27-,36-34-,37-35-,42-40-,43-41-,48-46-,63-58-,72-69-,81-78-. The number of hydrogen-bond donors (Lipinski definition) is 4. The number of phosphoric ester groups is 2. The number of unbranched alkanes of at least 4 members (excludes halogenated alkanes) is 27. The summed E-state index contributed by atoms with van der Waals surface area (Å²) in [6.45, 7) is 2.26. The van der Waals surface area contributed by atoms with Crippen LogP contribution in [0.1, 0.15) is 342 Å². The summed E-state index contributed by atoms with van der Waals surface area (Å²) in [5.74, 6) is -1.68. The van der Waals surface area contributed by atoms with E-state index in [1.54, 1.807) is 0 Å². The molecule has 5 atom stereocenters. The van der Waals surface area contributed by atoms with Crippen LogP contribution >= 0.6 is 15.6 Å². The van der Waals surface area contributed by atoms with E-state index in [0.717, 1.165) is 161 Å². The Morgan fingerprint density at radius 1 is 0.239 bits per heavy atom. The topological polar surface area (TPSA) is 231 Å². The van der Waals surface area contributed by atoms with Gasteiger partial charge in [0, 0.05) is 19.3 Å². The second-order valence-corrected chi connectivity index (χ2v) is 32.5. The van der Waals surface area contributed by atoms with Gasteiger partial charge in [-0.3, -0.25) is 32.5 Å². The average molecular weight is 1670 g/mol. The van der Waals surface area contributed by atoms with Gasteiger partial charge in [-0.2, -0.15) is 0 Å². The van der Waals surface area contributed by atoms with Gasteiger partial charge in [0.1, 0.15) is 25.4 Å². The average Bonchev–Trinajstić information content (AvgIpc) is 0.891. The predicted molar refractivity (Wildman–Crippen MR) is 491 cm³/mol. The van der Waals surface area contributed by atoms with E-state index in [9.17, 15) is 43.5 Å². The number of ether oxygens (including phenoxy) is 3. The Balaban J connectivity index is 4.61. The molecule has 664 valence electrons. The van der Waals surface area contributed by atoms with Gasteiger partial charge in [-0.05, 0) is 154 Å². The largest absolute Gasteiger partial charge is 0.472 e. The molecule has 0 aliphatic rings. The number of esters is 3. The van der Waals surface area contributed by atoms with Gasteiger partial charge >= 0.3 is 33.6 Å². The van der Waals surface area contributed by atoms with Crippen LogP contribution in [0.5, 0.6) is 0 Å². The van der Waals surface area contributed by atoms with E-state index in [-0.39, 0.29) is 19.3 Å². The van der Waals surface area contributed by atoms with Gasteiger partial charge in [-0.25, -0.2) is 9.13 Å². The van der Waals surface area contributed by atoms with Crippen LogP contribution in [0.15, 0.2) is 207 Å². The summed E-state index contributed by atoms with van der Waals surface area (Å²) in [5.41, 5.74) is 0. The van der Waals surface area contributed by atoms with Crippen LogP contribution < -0.4 is 0 Å². The van der Waals surface area contributed by atoms with Gasteiger partial charge in [0.25, 0.3) is 0 Å². The van der Waals surface area contributed by atoms with E-state index in [4.69, 9.17) is 32.3 Å². The Morgan fingerprint density at radius 3 is 0.709 bits per heavy atom. The van der Waals surface area contributed by atoms with Crippen molar-refractivity contribution < 1.29 is 75.8 Å². The molecule has 0 bridgehead atoms. The first kappa shape index (κ1) is 111. The zero-order valence-corrected chi connectivity index (χ0v) is 74.8. The molecule has 0 amide bonds. The van der Waals surface area contributed by atoms with Crippen LogP contribution in [0.3, 0.4) is 0 Å². The first-order valence-electron chi connectivity index (χ1n) is 45.4. The first-order chi connectivity index (χ1) is 57.2. The molecule has 5 unspecified atom stereocenters. The molecule has 0 aliphatic carbocycles. The van der Waals surface area contributed by atoms with Crippen molar-refractivity contribution in [3.05, 3.63) is 207 Å². The minimum absolute atomic E-state index is 0.0263. The molecule has 16 nitrogen and oxygen atoms in total. The lowest BCUT2D eigenvalue weighted by Gasteiger charge is -2.21. The van der Waals surface area contributed by atoms with E-state index in [2.05, 4.69) is 209 Å². The molecular weight excluding hydrogens is 1510 g/mol. The molecule has 0 aromatic carbocycles. The molecule has 0 radical (unpaired) electrons. The van der Waals surface area contributed by atoms with Gasteiger partial charge < -0.3 is 34.2 Å². The molecule has 117 heavy (non-hydrogen) atoms. The third-order valence-corrected chi connectivity index (χ3v) is 20.4. The van der Waals surface area contributed by atoms with E-state index < -0.39 is 91.5 Å². The molecule has 0 heterocycles. The number of allylic oxidation sites excluding steroid dienone is 34. The smallest absolute Gasteiger partial charge is 0.463 e. The maximum atomic E-state index is 13.0.